The molecule has 2 rings (SSSR count). The molecule has 1 aromatic carbocycles. The molecular weight excluding hydrogens is 254 g/mol. The number of amides is 1. The molecule has 5 nitrogen and oxygen atoms in total. The Labute approximate surface area is 117 Å². The van der Waals surface area contributed by atoms with Gasteiger partial charge in [-0.25, -0.2) is 4.98 Å². The van der Waals surface area contributed by atoms with Crippen LogP contribution in [0.3, 0.4) is 0 Å². The molecule has 0 aliphatic carbocycles. The summed E-state index contributed by atoms with van der Waals surface area (Å²) in [7, 11) is 1.51. The highest BCUT2D eigenvalue weighted by molar-refractivity contribution is 6.05. The minimum atomic E-state index is -0.194. The van der Waals surface area contributed by atoms with E-state index < -0.39 is 0 Å². The highest BCUT2D eigenvalue weighted by atomic mass is 16.5. The Morgan fingerprint density at radius 1 is 1.30 bits per heavy atom. The van der Waals surface area contributed by atoms with Gasteiger partial charge in [0.1, 0.15) is 5.69 Å². The Bertz CT molecular complexity index is 599. The molecule has 0 fully saturated rings. The fourth-order valence-corrected chi connectivity index (χ4v) is 1.95. The zero-order valence-corrected chi connectivity index (χ0v) is 11.3. The number of benzene rings is 1. The number of ether oxygens (including phenoxy) is 1. The van der Waals surface area contributed by atoms with Gasteiger partial charge in [0.05, 0.1) is 7.11 Å². The summed E-state index contributed by atoms with van der Waals surface area (Å²) in [6.45, 7) is 0.501. The van der Waals surface area contributed by atoms with E-state index in [2.05, 4.69) is 10.3 Å². The van der Waals surface area contributed by atoms with Gasteiger partial charge in [0.15, 0.2) is 0 Å². The predicted octanol–water partition coefficient (Wildman–Crippen LogP) is 1.84. The van der Waals surface area contributed by atoms with Crippen LogP contribution in [0.5, 0.6) is 5.88 Å². The number of methoxy groups -OCH3 is 1. The molecule has 0 spiro atoms. The van der Waals surface area contributed by atoms with Crippen molar-refractivity contribution < 1.29 is 9.53 Å². The number of anilines is 1. The summed E-state index contributed by atoms with van der Waals surface area (Å²) in [4.78, 5) is 16.4. The summed E-state index contributed by atoms with van der Waals surface area (Å²) in [5.74, 6) is 0.192. The molecule has 0 radical (unpaired) electrons. The van der Waals surface area contributed by atoms with E-state index in [1.54, 1.807) is 24.4 Å². The van der Waals surface area contributed by atoms with Crippen LogP contribution in [0.25, 0.3) is 0 Å². The van der Waals surface area contributed by atoms with Crippen LogP contribution >= 0.6 is 0 Å². The standard InChI is InChI=1S/C15H17N3O2/c1-20-15-13(7-4-10-17-15)18-14(19)12-6-3-2-5-11(12)8-9-16/h2-7,10H,8-9,16H2,1H3,(H,18,19). The molecule has 20 heavy (non-hydrogen) atoms. The largest absolute Gasteiger partial charge is 0.480 e. The molecule has 0 bridgehead atoms. The van der Waals surface area contributed by atoms with Gasteiger partial charge >= 0.3 is 0 Å². The van der Waals surface area contributed by atoms with Crippen molar-refractivity contribution in [3.63, 3.8) is 0 Å². The van der Waals surface area contributed by atoms with E-state index >= 15 is 0 Å². The Balaban J connectivity index is 2.24. The molecule has 2 aromatic rings. The average molecular weight is 271 g/mol. The molecule has 1 amide bonds. The summed E-state index contributed by atoms with van der Waals surface area (Å²) >= 11 is 0. The molecule has 1 aromatic heterocycles. The van der Waals surface area contributed by atoms with Gasteiger partial charge < -0.3 is 15.8 Å². The predicted molar refractivity (Wildman–Crippen MR) is 77.9 cm³/mol. The third kappa shape index (κ3) is 3.13. The number of rotatable bonds is 5. The Kier molecular flexibility index (Phi) is 4.68. The summed E-state index contributed by atoms with van der Waals surface area (Å²) in [6, 6.07) is 10.9. The number of carbonyl (C=O) groups is 1. The van der Waals surface area contributed by atoms with Gasteiger partial charge in [-0.15, -0.1) is 0 Å². The van der Waals surface area contributed by atoms with Crippen molar-refractivity contribution in [2.45, 2.75) is 6.42 Å². The quantitative estimate of drug-likeness (QED) is 0.870. The maximum absolute atomic E-state index is 12.3. The first-order chi connectivity index (χ1) is 9.76. The van der Waals surface area contributed by atoms with Crippen LogP contribution in [-0.2, 0) is 6.42 Å². The Morgan fingerprint density at radius 2 is 2.10 bits per heavy atom. The maximum atomic E-state index is 12.3. The van der Waals surface area contributed by atoms with E-state index in [9.17, 15) is 4.79 Å². The van der Waals surface area contributed by atoms with Crippen molar-refractivity contribution in [2.75, 3.05) is 19.0 Å². The number of carbonyl (C=O) groups excluding carboxylic acids is 1. The number of nitrogens with two attached hydrogens (primary N) is 1. The molecule has 0 atom stereocenters. The first kappa shape index (κ1) is 14.0. The molecule has 0 saturated heterocycles. The normalized spacial score (nSPS) is 10.1. The molecule has 1 heterocycles. The van der Waals surface area contributed by atoms with Gasteiger partial charge in [0.25, 0.3) is 5.91 Å². The minimum Gasteiger partial charge on any atom is -0.480 e. The number of pyridine rings is 1. The molecule has 0 aliphatic rings. The SMILES string of the molecule is COc1ncccc1NC(=O)c1ccccc1CCN. The van der Waals surface area contributed by atoms with E-state index in [1.807, 2.05) is 18.2 Å². The first-order valence-electron chi connectivity index (χ1n) is 6.34. The molecular formula is C15H17N3O2. The Hall–Kier alpha value is -2.40. The fraction of sp³-hybridized carbons (Fsp3) is 0.200. The molecule has 0 unspecified atom stereocenters. The molecule has 0 aliphatic heterocycles. The minimum absolute atomic E-state index is 0.194. The smallest absolute Gasteiger partial charge is 0.256 e. The number of hydrogen-bond acceptors (Lipinski definition) is 4. The van der Waals surface area contributed by atoms with Gasteiger partial charge in [-0.1, -0.05) is 18.2 Å². The van der Waals surface area contributed by atoms with E-state index in [4.69, 9.17) is 10.5 Å². The van der Waals surface area contributed by atoms with Crippen LogP contribution in [0.2, 0.25) is 0 Å². The van der Waals surface area contributed by atoms with Crippen molar-refractivity contribution in [3.05, 3.63) is 53.7 Å². The van der Waals surface area contributed by atoms with Gasteiger partial charge in [-0.2, -0.15) is 0 Å². The van der Waals surface area contributed by atoms with E-state index in [-0.39, 0.29) is 5.91 Å². The van der Waals surface area contributed by atoms with Crippen molar-refractivity contribution in [1.29, 1.82) is 0 Å². The van der Waals surface area contributed by atoms with Gasteiger partial charge in [-0.3, -0.25) is 4.79 Å². The van der Waals surface area contributed by atoms with Crippen LogP contribution in [-0.4, -0.2) is 24.5 Å². The second-order valence-electron chi connectivity index (χ2n) is 4.21. The number of aromatic nitrogens is 1. The van der Waals surface area contributed by atoms with Crippen LogP contribution in [0, 0.1) is 0 Å². The monoisotopic (exact) mass is 271 g/mol. The lowest BCUT2D eigenvalue weighted by Crippen LogP contribution is -2.16. The van der Waals surface area contributed by atoms with Crippen molar-refractivity contribution in [3.8, 4) is 5.88 Å². The van der Waals surface area contributed by atoms with Crippen molar-refractivity contribution in [2.24, 2.45) is 5.73 Å². The van der Waals surface area contributed by atoms with E-state index in [0.29, 0.717) is 30.1 Å². The van der Waals surface area contributed by atoms with Crippen LogP contribution in [0.4, 0.5) is 5.69 Å². The van der Waals surface area contributed by atoms with Crippen molar-refractivity contribution >= 4 is 11.6 Å². The van der Waals surface area contributed by atoms with Crippen molar-refractivity contribution in [1.82, 2.24) is 4.98 Å². The van der Waals surface area contributed by atoms with Crippen LogP contribution < -0.4 is 15.8 Å². The molecule has 104 valence electrons. The first-order valence-corrected chi connectivity index (χ1v) is 6.34. The molecule has 0 saturated carbocycles. The number of nitrogens with zero attached hydrogens (tertiary/aromatic N) is 1. The second kappa shape index (κ2) is 6.68. The summed E-state index contributed by atoms with van der Waals surface area (Å²) in [6.07, 6.45) is 2.27. The van der Waals surface area contributed by atoms with Gasteiger partial charge in [-0.05, 0) is 36.7 Å². The fourth-order valence-electron chi connectivity index (χ4n) is 1.95. The van der Waals surface area contributed by atoms with Crippen LogP contribution in [0.1, 0.15) is 15.9 Å². The Morgan fingerprint density at radius 3 is 2.85 bits per heavy atom. The molecule has 3 N–H and O–H groups in total. The lowest BCUT2D eigenvalue weighted by atomic mass is 10.0. The third-order valence-corrected chi connectivity index (χ3v) is 2.89. The average Bonchev–Trinajstić information content (AvgIpc) is 2.48. The lowest BCUT2D eigenvalue weighted by molar-refractivity contribution is 0.102. The summed E-state index contributed by atoms with van der Waals surface area (Å²) < 4.78 is 5.11. The number of nitrogens with one attached hydrogen (secondary N) is 1. The van der Waals surface area contributed by atoms with E-state index in [0.717, 1.165) is 5.56 Å². The maximum Gasteiger partial charge on any atom is 0.256 e. The summed E-state index contributed by atoms with van der Waals surface area (Å²) in [5.41, 5.74) is 7.65. The van der Waals surface area contributed by atoms with E-state index in [1.165, 1.54) is 7.11 Å². The number of hydrogen-bond donors (Lipinski definition) is 2. The topological polar surface area (TPSA) is 77.2 Å². The van der Waals surface area contributed by atoms with Gasteiger partial charge in [0.2, 0.25) is 5.88 Å². The third-order valence-electron chi connectivity index (χ3n) is 2.89. The van der Waals surface area contributed by atoms with Gasteiger partial charge in [0, 0.05) is 11.8 Å². The summed E-state index contributed by atoms with van der Waals surface area (Å²) in [5, 5.41) is 2.81. The van der Waals surface area contributed by atoms with Crippen LogP contribution in [0.15, 0.2) is 42.6 Å². The lowest BCUT2D eigenvalue weighted by Gasteiger charge is -2.11. The highest BCUT2D eigenvalue weighted by Crippen LogP contribution is 2.21. The molecule has 5 heteroatoms. The zero-order valence-electron chi connectivity index (χ0n) is 11.3. The highest BCUT2D eigenvalue weighted by Gasteiger charge is 2.13. The zero-order chi connectivity index (χ0) is 14.4. The second-order valence-corrected chi connectivity index (χ2v) is 4.21.